The first-order chi connectivity index (χ1) is 11.7. The molecule has 0 radical (unpaired) electrons. The summed E-state index contributed by atoms with van der Waals surface area (Å²) < 4.78 is 0. The molecule has 0 spiro atoms. The Balaban J connectivity index is 1.42. The van der Waals surface area contributed by atoms with Gasteiger partial charge in [-0.3, -0.25) is 4.90 Å². The van der Waals surface area contributed by atoms with Crippen molar-refractivity contribution in [1.82, 2.24) is 19.9 Å². The van der Waals surface area contributed by atoms with Gasteiger partial charge in [-0.05, 0) is 39.5 Å². The number of piperazine rings is 1. The molecule has 1 aliphatic carbocycles. The summed E-state index contributed by atoms with van der Waals surface area (Å²) in [6, 6.07) is 0. The largest absolute Gasteiger partial charge is 0.354 e. The van der Waals surface area contributed by atoms with Crippen LogP contribution in [0.5, 0.6) is 0 Å². The van der Waals surface area contributed by atoms with Gasteiger partial charge in [-0.25, -0.2) is 15.0 Å². The first-order valence-electron chi connectivity index (χ1n) is 8.93. The number of aromatic nitrogens is 3. The van der Waals surface area contributed by atoms with Crippen LogP contribution in [-0.4, -0.2) is 46.0 Å². The Labute approximate surface area is 147 Å². The number of hydrogen-bond acceptors (Lipinski definition) is 6. The molecule has 1 aliphatic heterocycles. The van der Waals surface area contributed by atoms with Crippen molar-refractivity contribution in [3.63, 3.8) is 0 Å². The van der Waals surface area contributed by atoms with E-state index < -0.39 is 0 Å². The maximum Gasteiger partial charge on any atom is 0.135 e. The van der Waals surface area contributed by atoms with Crippen LogP contribution in [-0.2, 0) is 19.4 Å². The van der Waals surface area contributed by atoms with Crippen molar-refractivity contribution in [3.05, 3.63) is 33.2 Å². The highest BCUT2D eigenvalue weighted by Crippen LogP contribution is 2.28. The highest BCUT2D eigenvalue weighted by molar-refractivity contribution is 7.11. The zero-order valence-corrected chi connectivity index (χ0v) is 15.4. The minimum absolute atomic E-state index is 1.03. The van der Waals surface area contributed by atoms with Crippen LogP contribution in [0.15, 0.2) is 6.33 Å². The Kier molecular flexibility index (Phi) is 4.50. The van der Waals surface area contributed by atoms with E-state index in [1.54, 1.807) is 6.33 Å². The molecule has 0 saturated carbocycles. The summed E-state index contributed by atoms with van der Waals surface area (Å²) in [5.41, 5.74) is 3.89. The first kappa shape index (κ1) is 16.0. The number of anilines is 1. The third-order valence-corrected chi connectivity index (χ3v) is 6.20. The highest BCUT2D eigenvalue weighted by Gasteiger charge is 2.24. The van der Waals surface area contributed by atoms with Crippen molar-refractivity contribution in [2.75, 3.05) is 31.1 Å². The van der Waals surface area contributed by atoms with E-state index in [4.69, 9.17) is 0 Å². The van der Waals surface area contributed by atoms with Crippen LogP contribution in [0.2, 0.25) is 0 Å². The van der Waals surface area contributed by atoms with Crippen molar-refractivity contribution in [2.24, 2.45) is 0 Å². The second-order valence-corrected chi connectivity index (χ2v) is 8.12. The highest BCUT2D eigenvalue weighted by atomic mass is 32.1. The van der Waals surface area contributed by atoms with Crippen LogP contribution >= 0.6 is 11.3 Å². The van der Waals surface area contributed by atoms with Gasteiger partial charge < -0.3 is 4.90 Å². The van der Waals surface area contributed by atoms with Crippen molar-refractivity contribution < 1.29 is 0 Å². The summed E-state index contributed by atoms with van der Waals surface area (Å²) >= 11 is 1.84. The Bertz CT molecular complexity index is 718. The van der Waals surface area contributed by atoms with Crippen molar-refractivity contribution in [1.29, 1.82) is 0 Å². The Hall–Kier alpha value is -1.53. The van der Waals surface area contributed by atoms with Gasteiger partial charge in [0, 0.05) is 48.9 Å². The normalized spacial score (nSPS) is 18.7. The van der Waals surface area contributed by atoms with E-state index in [2.05, 4.69) is 38.6 Å². The predicted molar refractivity (Wildman–Crippen MR) is 97.8 cm³/mol. The second kappa shape index (κ2) is 6.76. The molecule has 4 rings (SSSR count). The van der Waals surface area contributed by atoms with E-state index in [1.165, 1.54) is 45.5 Å². The molecule has 0 aromatic carbocycles. The maximum atomic E-state index is 4.63. The minimum atomic E-state index is 1.03. The lowest BCUT2D eigenvalue weighted by molar-refractivity contribution is 0.250. The molecule has 0 unspecified atom stereocenters. The molecule has 1 fully saturated rings. The van der Waals surface area contributed by atoms with Gasteiger partial charge in [0.25, 0.3) is 0 Å². The van der Waals surface area contributed by atoms with E-state index in [1.807, 2.05) is 11.3 Å². The molecule has 3 heterocycles. The smallest absolute Gasteiger partial charge is 0.135 e. The molecule has 0 amide bonds. The van der Waals surface area contributed by atoms with Crippen molar-refractivity contribution in [3.8, 4) is 0 Å². The fourth-order valence-corrected chi connectivity index (χ4v) is 4.80. The topological polar surface area (TPSA) is 45.2 Å². The lowest BCUT2D eigenvalue weighted by Gasteiger charge is -2.36. The van der Waals surface area contributed by atoms with Gasteiger partial charge in [0.15, 0.2) is 0 Å². The molecule has 5 nitrogen and oxygen atoms in total. The number of hydrogen-bond donors (Lipinski definition) is 0. The van der Waals surface area contributed by atoms with Gasteiger partial charge in [0.1, 0.15) is 12.1 Å². The molecular formula is C18H25N5S. The summed E-state index contributed by atoms with van der Waals surface area (Å²) in [7, 11) is 0. The third kappa shape index (κ3) is 3.17. The number of rotatable bonds is 3. The fourth-order valence-electron chi connectivity index (χ4n) is 3.82. The molecule has 2 aliphatic rings. The average Bonchev–Trinajstić information content (AvgIpc) is 2.92. The van der Waals surface area contributed by atoms with E-state index in [0.717, 1.165) is 45.6 Å². The number of fused-ring (bicyclic) bond motifs is 1. The van der Waals surface area contributed by atoms with E-state index in [0.29, 0.717) is 0 Å². The van der Waals surface area contributed by atoms with Crippen molar-refractivity contribution in [2.45, 2.75) is 46.1 Å². The van der Waals surface area contributed by atoms with Crippen LogP contribution in [0.25, 0.3) is 0 Å². The summed E-state index contributed by atoms with van der Waals surface area (Å²) in [6.07, 6.45) is 6.57. The summed E-state index contributed by atoms with van der Waals surface area (Å²) in [5, 5.41) is 1.17. The van der Waals surface area contributed by atoms with E-state index in [9.17, 15) is 0 Å². The number of aryl methyl sites for hydroxylation is 3. The first-order valence-corrected chi connectivity index (χ1v) is 9.75. The minimum Gasteiger partial charge on any atom is -0.354 e. The molecule has 6 heteroatoms. The average molecular weight is 344 g/mol. The monoisotopic (exact) mass is 343 g/mol. The van der Waals surface area contributed by atoms with Crippen LogP contribution < -0.4 is 4.90 Å². The molecule has 0 atom stereocenters. The summed E-state index contributed by atoms with van der Waals surface area (Å²) in [5.74, 6) is 1.20. The SMILES string of the molecule is Cc1nc(C)c(CN2CCN(c3ncnc4c3CCCC4)CC2)s1. The summed E-state index contributed by atoms with van der Waals surface area (Å²) in [4.78, 5) is 20.1. The third-order valence-electron chi connectivity index (χ3n) is 5.14. The van der Waals surface area contributed by atoms with Gasteiger partial charge in [-0.2, -0.15) is 0 Å². The number of nitrogens with zero attached hydrogens (tertiary/aromatic N) is 5. The van der Waals surface area contributed by atoms with Gasteiger partial charge in [0.2, 0.25) is 0 Å². The maximum absolute atomic E-state index is 4.63. The lowest BCUT2D eigenvalue weighted by atomic mass is 9.96. The fraction of sp³-hybridized carbons (Fsp3) is 0.611. The second-order valence-electron chi connectivity index (χ2n) is 6.83. The molecule has 2 aromatic heterocycles. The Morgan fingerprint density at radius 2 is 1.83 bits per heavy atom. The number of thiazole rings is 1. The van der Waals surface area contributed by atoms with Gasteiger partial charge in [-0.1, -0.05) is 0 Å². The summed E-state index contributed by atoms with van der Waals surface area (Å²) in [6.45, 7) is 9.55. The standard InChI is InChI=1S/C18H25N5S/c1-13-17(24-14(2)21-13)11-22-7-9-23(10-8-22)18-15-5-3-4-6-16(15)19-12-20-18/h12H,3-11H2,1-2H3. The van der Waals surface area contributed by atoms with Crippen molar-refractivity contribution >= 4 is 17.2 Å². The predicted octanol–water partition coefficient (Wildman–Crippen LogP) is 2.75. The quantitative estimate of drug-likeness (QED) is 0.857. The van der Waals surface area contributed by atoms with Gasteiger partial charge in [0.05, 0.1) is 10.7 Å². The molecule has 0 N–H and O–H groups in total. The van der Waals surface area contributed by atoms with Crippen LogP contribution in [0, 0.1) is 13.8 Å². The molecule has 1 saturated heterocycles. The van der Waals surface area contributed by atoms with Gasteiger partial charge >= 0.3 is 0 Å². The molecule has 128 valence electrons. The van der Waals surface area contributed by atoms with E-state index in [-0.39, 0.29) is 0 Å². The van der Waals surface area contributed by atoms with Crippen LogP contribution in [0.3, 0.4) is 0 Å². The molecule has 24 heavy (non-hydrogen) atoms. The molecule has 0 bridgehead atoms. The molecular weight excluding hydrogens is 318 g/mol. The Morgan fingerprint density at radius 3 is 2.58 bits per heavy atom. The zero-order chi connectivity index (χ0) is 16.5. The van der Waals surface area contributed by atoms with Crippen LogP contribution in [0.1, 0.15) is 39.7 Å². The molecule has 2 aromatic rings. The van der Waals surface area contributed by atoms with Crippen LogP contribution in [0.4, 0.5) is 5.82 Å². The Morgan fingerprint density at radius 1 is 1.04 bits per heavy atom. The lowest BCUT2D eigenvalue weighted by Crippen LogP contribution is -2.46. The van der Waals surface area contributed by atoms with Gasteiger partial charge in [-0.15, -0.1) is 11.3 Å². The van der Waals surface area contributed by atoms with E-state index >= 15 is 0 Å². The zero-order valence-electron chi connectivity index (χ0n) is 14.6.